The smallest absolute Gasteiger partial charge is 0.380 e. The SMILES string of the molecule is CNC(=O)c1ccc(-n2c(N[Si@@H](C)c3ccc(F)cc3)nc3c(c2=O)C[C@@H](C)N(C(=O)c2ccc(Cl)c(C(F)(F)F)c2)C3)cc1. The minimum atomic E-state index is -4.75. The van der Waals surface area contributed by atoms with Crippen molar-refractivity contribution in [2.45, 2.75) is 38.7 Å². The lowest BCUT2D eigenvalue weighted by molar-refractivity contribution is -0.137. The molecule has 0 bridgehead atoms. The number of halogens is 5. The van der Waals surface area contributed by atoms with Gasteiger partial charge in [-0.25, -0.2) is 13.9 Å². The van der Waals surface area contributed by atoms with Crippen molar-refractivity contribution >= 4 is 43.5 Å². The monoisotopic (exact) mass is 657 g/mol. The lowest BCUT2D eigenvalue weighted by Crippen LogP contribution is -2.46. The molecule has 45 heavy (non-hydrogen) atoms. The van der Waals surface area contributed by atoms with Crippen LogP contribution in [0.4, 0.5) is 23.5 Å². The van der Waals surface area contributed by atoms with Crippen LogP contribution in [0, 0.1) is 5.82 Å². The zero-order chi connectivity index (χ0) is 32.6. The van der Waals surface area contributed by atoms with Crippen molar-refractivity contribution in [1.82, 2.24) is 19.8 Å². The molecule has 0 saturated heterocycles. The molecule has 4 aromatic rings. The first-order chi connectivity index (χ1) is 21.3. The van der Waals surface area contributed by atoms with Gasteiger partial charge in [-0.2, -0.15) is 13.2 Å². The Kier molecular flexibility index (Phi) is 8.85. The summed E-state index contributed by atoms with van der Waals surface area (Å²) in [5.41, 5.74) is -0.203. The highest BCUT2D eigenvalue weighted by Crippen LogP contribution is 2.36. The van der Waals surface area contributed by atoms with Gasteiger partial charge in [-0.05, 0) is 73.1 Å². The molecule has 0 saturated carbocycles. The normalized spacial score (nSPS) is 15.3. The van der Waals surface area contributed by atoms with E-state index in [0.29, 0.717) is 22.5 Å². The Hall–Kier alpha value is -4.49. The molecule has 2 heterocycles. The van der Waals surface area contributed by atoms with Gasteiger partial charge in [0.15, 0.2) is 8.96 Å². The second kappa shape index (κ2) is 12.5. The number of fused-ring (bicyclic) bond motifs is 1. The molecule has 234 valence electrons. The van der Waals surface area contributed by atoms with Crippen molar-refractivity contribution in [3.63, 3.8) is 0 Å². The number of nitrogens with one attached hydrogen (secondary N) is 2. The maximum Gasteiger partial charge on any atom is 0.417 e. The average Bonchev–Trinajstić information content (AvgIpc) is 3.00. The van der Waals surface area contributed by atoms with Crippen LogP contribution in [-0.4, -0.2) is 48.3 Å². The maximum absolute atomic E-state index is 14.1. The number of hydrogen-bond acceptors (Lipinski definition) is 5. The Labute approximate surface area is 262 Å². The van der Waals surface area contributed by atoms with E-state index in [9.17, 15) is 31.9 Å². The highest BCUT2D eigenvalue weighted by molar-refractivity contribution is 6.74. The topological polar surface area (TPSA) is 96.3 Å². The number of rotatable bonds is 6. The Balaban J connectivity index is 1.57. The average molecular weight is 658 g/mol. The molecular weight excluding hydrogens is 630 g/mol. The van der Waals surface area contributed by atoms with Gasteiger partial charge in [0.2, 0.25) is 5.95 Å². The molecule has 0 unspecified atom stereocenters. The van der Waals surface area contributed by atoms with E-state index in [1.54, 1.807) is 43.3 Å². The summed E-state index contributed by atoms with van der Waals surface area (Å²) in [6.07, 6.45) is -4.64. The molecule has 0 fully saturated rings. The summed E-state index contributed by atoms with van der Waals surface area (Å²) in [5, 5.41) is 2.88. The van der Waals surface area contributed by atoms with E-state index < -0.39 is 37.7 Å². The molecule has 1 aliphatic heterocycles. The van der Waals surface area contributed by atoms with Gasteiger partial charge < -0.3 is 15.2 Å². The van der Waals surface area contributed by atoms with Gasteiger partial charge >= 0.3 is 6.18 Å². The predicted molar refractivity (Wildman–Crippen MR) is 165 cm³/mol. The third-order valence-corrected chi connectivity index (χ3v) is 10.1. The van der Waals surface area contributed by atoms with Crippen LogP contribution < -0.4 is 21.0 Å². The van der Waals surface area contributed by atoms with E-state index >= 15 is 0 Å². The highest BCUT2D eigenvalue weighted by atomic mass is 35.5. The summed E-state index contributed by atoms with van der Waals surface area (Å²) >= 11 is 5.76. The Morgan fingerprint density at radius 2 is 1.67 bits per heavy atom. The summed E-state index contributed by atoms with van der Waals surface area (Å²) in [5.74, 6) is -1.16. The molecule has 0 spiro atoms. The first-order valence-corrected chi connectivity index (χ1v) is 16.6. The van der Waals surface area contributed by atoms with Crippen molar-refractivity contribution in [2.24, 2.45) is 0 Å². The summed E-state index contributed by atoms with van der Waals surface area (Å²) in [7, 11) is -0.567. The number of amides is 2. The number of nitrogens with zero attached hydrogens (tertiary/aromatic N) is 3. The van der Waals surface area contributed by atoms with Gasteiger partial charge in [-0.1, -0.05) is 30.3 Å². The zero-order valence-electron chi connectivity index (χ0n) is 24.4. The fraction of sp³-hybridized carbons (Fsp3) is 0.226. The first kappa shape index (κ1) is 31.9. The van der Waals surface area contributed by atoms with Gasteiger partial charge in [0, 0.05) is 29.8 Å². The number of hydrogen-bond donors (Lipinski definition) is 2. The summed E-state index contributed by atoms with van der Waals surface area (Å²) in [4.78, 5) is 49.2. The molecule has 0 aliphatic carbocycles. The van der Waals surface area contributed by atoms with Crippen molar-refractivity contribution in [3.05, 3.63) is 116 Å². The van der Waals surface area contributed by atoms with Gasteiger partial charge in [0.1, 0.15) is 5.82 Å². The number of benzene rings is 3. The van der Waals surface area contributed by atoms with E-state index in [-0.39, 0.29) is 41.8 Å². The summed E-state index contributed by atoms with van der Waals surface area (Å²) in [6.45, 7) is 3.53. The van der Waals surface area contributed by atoms with E-state index in [1.807, 2.05) is 6.55 Å². The third-order valence-electron chi connectivity index (χ3n) is 7.72. The summed E-state index contributed by atoms with van der Waals surface area (Å²) in [6, 6.07) is 14.9. The lowest BCUT2D eigenvalue weighted by Gasteiger charge is -2.35. The number of carbonyl (C=O) groups excluding carboxylic acids is 2. The second-order valence-corrected chi connectivity index (χ2v) is 13.5. The molecule has 1 aliphatic rings. The molecule has 5 rings (SSSR count). The van der Waals surface area contributed by atoms with Gasteiger partial charge in [-0.3, -0.25) is 14.4 Å². The van der Waals surface area contributed by atoms with Crippen LogP contribution in [0.25, 0.3) is 5.69 Å². The van der Waals surface area contributed by atoms with Crippen LogP contribution in [-0.2, 0) is 19.1 Å². The minimum absolute atomic E-state index is 0.105. The van der Waals surface area contributed by atoms with E-state index in [2.05, 4.69) is 10.3 Å². The largest absolute Gasteiger partial charge is 0.417 e. The molecule has 8 nitrogen and oxygen atoms in total. The fourth-order valence-electron chi connectivity index (χ4n) is 5.24. The number of anilines is 1. The van der Waals surface area contributed by atoms with E-state index in [4.69, 9.17) is 16.6 Å². The fourth-order valence-corrected chi connectivity index (χ4v) is 6.99. The van der Waals surface area contributed by atoms with Crippen LogP contribution in [0.1, 0.15) is 44.5 Å². The van der Waals surface area contributed by atoms with Crippen LogP contribution in [0.2, 0.25) is 11.6 Å². The number of carbonyl (C=O) groups is 2. The molecule has 14 heteroatoms. The van der Waals surface area contributed by atoms with Crippen LogP contribution in [0.15, 0.2) is 71.5 Å². The van der Waals surface area contributed by atoms with Gasteiger partial charge in [0.05, 0.1) is 28.5 Å². The van der Waals surface area contributed by atoms with Crippen LogP contribution >= 0.6 is 11.6 Å². The third kappa shape index (κ3) is 6.49. The van der Waals surface area contributed by atoms with Crippen molar-refractivity contribution in [3.8, 4) is 5.69 Å². The number of alkyl halides is 3. The zero-order valence-corrected chi connectivity index (χ0v) is 26.3. The second-order valence-electron chi connectivity index (χ2n) is 10.7. The minimum Gasteiger partial charge on any atom is -0.380 e. The van der Waals surface area contributed by atoms with Crippen molar-refractivity contribution in [2.75, 3.05) is 12.0 Å². The molecule has 3 aromatic carbocycles. The molecule has 2 amide bonds. The van der Waals surface area contributed by atoms with Crippen molar-refractivity contribution in [1.29, 1.82) is 0 Å². The maximum atomic E-state index is 14.1. The summed E-state index contributed by atoms with van der Waals surface area (Å²) < 4.78 is 55.5. The van der Waals surface area contributed by atoms with E-state index in [0.717, 1.165) is 17.3 Å². The first-order valence-electron chi connectivity index (χ1n) is 14.0. The highest BCUT2D eigenvalue weighted by Gasteiger charge is 2.36. The molecule has 0 radical (unpaired) electrons. The standard InChI is InChI=1S/C31H28ClF4N5O3Si/c1-17-14-23-26(16-40(17)28(43)19-6-13-25(32)24(15-19)31(34,35)36)38-30(39-45(3)22-11-7-20(33)8-12-22)41(29(23)44)21-9-4-18(5-10-21)27(42)37-2/h4-13,15,17,45H,14,16H2,1-3H3,(H,37,42)(H,38,39)/t17-,45+/m1/s1. The van der Waals surface area contributed by atoms with E-state index in [1.165, 1.54) is 34.7 Å². The predicted octanol–water partition coefficient (Wildman–Crippen LogP) is 4.66. The van der Waals surface area contributed by atoms with Crippen LogP contribution in [0.3, 0.4) is 0 Å². The Morgan fingerprint density at radius 3 is 2.29 bits per heavy atom. The van der Waals surface area contributed by atoms with Gasteiger partial charge in [0.25, 0.3) is 17.4 Å². The number of aromatic nitrogens is 2. The Morgan fingerprint density at radius 1 is 1.02 bits per heavy atom. The Bertz CT molecular complexity index is 1830. The quantitative estimate of drug-likeness (QED) is 0.232. The van der Waals surface area contributed by atoms with Gasteiger partial charge in [-0.15, -0.1) is 0 Å². The van der Waals surface area contributed by atoms with Crippen molar-refractivity contribution < 1.29 is 27.2 Å². The molecule has 2 N–H and O–H groups in total. The lowest BCUT2D eigenvalue weighted by atomic mass is 9.98. The molecular formula is C31H28ClF4N5O3Si. The molecule has 2 atom stereocenters. The van der Waals surface area contributed by atoms with Crippen LogP contribution in [0.5, 0.6) is 0 Å². The molecule has 1 aromatic heterocycles.